The number of hydrogen-bond acceptors (Lipinski definition) is 3. The first-order valence-electron chi connectivity index (χ1n) is 4.91. The second-order valence-electron chi connectivity index (χ2n) is 2.10. The predicted octanol–water partition coefficient (Wildman–Crippen LogP) is 2.54. The molecule has 0 amide bonds. The highest BCUT2D eigenvalue weighted by Gasteiger charge is 1.84. The fourth-order valence-corrected chi connectivity index (χ4v) is 0.589. The smallest absolute Gasteiger partial charge is 0.302 e. The van der Waals surface area contributed by atoms with Gasteiger partial charge in [-0.05, 0) is 19.3 Å². The Balaban J connectivity index is -0.000000128. The molecule has 0 saturated heterocycles. The summed E-state index contributed by atoms with van der Waals surface area (Å²) in [5, 5.41) is 7.00. The summed E-state index contributed by atoms with van der Waals surface area (Å²) >= 11 is 0. The molecule has 0 aliphatic heterocycles. The Morgan fingerprint density at radius 2 is 1.50 bits per heavy atom. The zero-order valence-corrected chi connectivity index (χ0v) is 10.0. The molecule has 0 aromatic heterocycles. The van der Waals surface area contributed by atoms with E-state index in [-0.39, 0.29) is 5.97 Å². The molecular formula is C11H24O3. The fraction of sp³-hybridized carbons (Fsp3) is 0.727. The number of carbonyl (C=O) groups excluding carboxylic acids is 1. The van der Waals surface area contributed by atoms with Crippen LogP contribution in [0.2, 0.25) is 0 Å². The largest absolute Gasteiger partial charge is 0.469 e. The molecular weight excluding hydrogens is 180 g/mol. The van der Waals surface area contributed by atoms with Crippen LogP contribution < -0.4 is 0 Å². The lowest BCUT2D eigenvalue weighted by Gasteiger charge is -1.80. The molecule has 3 heteroatoms. The van der Waals surface area contributed by atoms with Crippen LogP contribution in [0.1, 0.15) is 40.0 Å². The van der Waals surface area contributed by atoms with Crippen molar-refractivity contribution in [1.82, 2.24) is 0 Å². The second kappa shape index (κ2) is 22.7. The van der Waals surface area contributed by atoms with Gasteiger partial charge in [0.15, 0.2) is 0 Å². The molecule has 1 rings (SSSR count). The van der Waals surface area contributed by atoms with E-state index in [1.165, 1.54) is 33.3 Å². The van der Waals surface area contributed by atoms with Crippen molar-refractivity contribution in [2.45, 2.75) is 40.0 Å². The van der Waals surface area contributed by atoms with Gasteiger partial charge in [-0.3, -0.25) is 4.79 Å². The molecule has 0 saturated carbocycles. The molecule has 3 nitrogen and oxygen atoms in total. The molecule has 1 N–H and O–H groups in total. The molecule has 0 aromatic rings. The van der Waals surface area contributed by atoms with Crippen molar-refractivity contribution in [3.05, 3.63) is 12.2 Å². The zero-order chi connectivity index (χ0) is 11.8. The number of esters is 1. The average molecular weight is 204 g/mol. The Kier molecular flexibility index (Phi) is 30.6. The van der Waals surface area contributed by atoms with E-state index < -0.39 is 0 Å². The van der Waals surface area contributed by atoms with Crippen molar-refractivity contribution in [3.8, 4) is 0 Å². The Labute approximate surface area is 87.8 Å². The highest BCUT2D eigenvalue weighted by Crippen LogP contribution is 2.05. The maximum atomic E-state index is 9.59. The summed E-state index contributed by atoms with van der Waals surface area (Å²) in [7, 11) is 2.35. The summed E-state index contributed by atoms with van der Waals surface area (Å²) < 4.78 is 4.11. The Bertz CT molecular complexity index is 114. The van der Waals surface area contributed by atoms with Gasteiger partial charge in [0, 0.05) is 14.0 Å². The van der Waals surface area contributed by atoms with E-state index in [4.69, 9.17) is 5.11 Å². The van der Waals surface area contributed by atoms with Crippen molar-refractivity contribution in [2.75, 3.05) is 14.2 Å². The fourth-order valence-electron chi connectivity index (χ4n) is 0.589. The third-order valence-electron chi connectivity index (χ3n) is 1.20. The van der Waals surface area contributed by atoms with E-state index in [1.807, 2.05) is 13.8 Å². The Hall–Kier alpha value is -0.830. The van der Waals surface area contributed by atoms with Crippen LogP contribution in [0.5, 0.6) is 0 Å². The summed E-state index contributed by atoms with van der Waals surface area (Å²) in [4.78, 5) is 9.59. The summed E-state index contributed by atoms with van der Waals surface area (Å²) in [6.07, 6.45) is 8.50. The van der Waals surface area contributed by atoms with Crippen LogP contribution in [0.25, 0.3) is 0 Å². The van der Waals surface area contributed by atoms with Gasteiger partial charge in [-0.2, -0.15) is 0 Å². The highest BCUT2D eigenvalue weighted by molar-refractivity contribution is 5.65. The monoisotopic (exact) mass is 204 g/mol. The van der Waals surface area contributed by atoms with Gasteiger partial charge in [-0.25, -0.2) is 0 Å². The minimum absolute atomic E-state index is 0.245. The molecule has 14 heavy (non-hydrogen) atoms. The lowest BCUT2D eigenvalue weighted by Crippen LogP contribution is -1.88. The maximum Gasteiger partial charge on any atom is 0.302 e. The van der Waals surface area contributed by atoms with Gasteiger partial charge in [0.2, 0.25) is 0 Å². The van der Waals surface area contributed by atoms with Gasteiger partial charge in [0.25, 0.3) is 0 Å². The van der Waals surface area contributed by atoms with E-state index in [9.17, 15) is 4.79 Å². The molecule has 1 aliphatic carbocycles. The lowest BCUT2D eigenvalue weighted by atomic mass is 10.4. The Morgan fingerprint density at radius 1 is 1.21 bits per heavy atom. The van der Waals surface area contributed by atoms with Crippen LogP contribution in [0, 0.1) is 0 Å². The number of carbonyl (C=O) groups is 1. The first-order chi connectivity index (χ1) is 6.77. The van der Waals surface area contributed by atoms with Gasteiger partial charge in [-0.15, -0.1) is 0 Å². The van der Waals surface area contributed by atoms with Crippen LogP contribution in [0.3, 0.4) is 0 Å². The molecule has 0 unspecified atom stereocenters. The SMILES string of the molecule is C1=CCCC1.CC.CO.COC(C)=O. The van der Waals surface area contributed by atoms with Crippen LogP contribution in [-0.4, -0.2) is 25.3 Å². The van der Waals surface area contributed by atoms with Crippen molar-refractivity contribution in [1.29, 1.82) is 0 Å². The van der Waals surface area contributed by atoms with Gasteiger partial charge in [0.1, 0.15) is 0 Å². The van der Waals surface area contributed by atoms with Gasteiger partial charge < -0.3 is 9.84 Å². The number of hydrogen-bond donors (Lipinski definition) is 1. The quantitative estimate of drug-likeness (QED) is 0.487. The van der Waals surface area contributed by atoms with E-state index in [2.05, 4.69) is 16.9 Å². The van der Waals surface area contributed by atoms with Gasteiger partial charge >= 0.3 is 5.97 Å². The average Bonchev–Trinajstić information content (AvgIpc) is 2.82. The summed E-state index contributed by atoms with van der Waals surface area (Å²) in [6, 6.07) is 0. The first kappa shape index (κ1) is 18.9. The molecule has 1 aliphatic rings. The summed E-state index contributed by atoms with van der Waals surface area (Å²) in [6.45, 7) is 5.36. The van der Waals surface area contributed by atoms with Crippen LogP contribution in [0.15, 0.2) is 12.2 Å². The predicted molar refractivity (Wildman–Crippen MR) is 60.2 cm³/mol. The standard InChI is InChI=1S/C5H8.C3H6O2.C2H6.CH4O/c1-2-4-5-3-1;1-3(4)5-2;2*1-2/h1-2H,3-5H2;1-2H3;1-2H3;2H,1H3. The summed E-state index contributed by atoms with van der Waals surface area (Å²) in [5.74, 6) is -0.245. The third-order valence-corrected chi connectivity index (χ3v) is 1.20. The zero-order valence-electron chi connectivity index (χ0n) is 10.0. The number of allylic oxidation sites excluding steroid dienone is 2. The number of aliphatic hydroxyl groups excluding tert-OH is 1. The van der Waals surface area contributed by atoms with E-state index in [0.717, 1.165) is 7.11 Å². The minimum Gasteiger partial charge on any atom is -0.469 e. The third kappa shape index (κ3) is 30.3. The normalized spacial score (nSPS) is 10.7. The number of rotatable bonds is 0. The number of aliphatic hydroxyl groups is 1. The molecule has 86 valence electrons. The number of ether oxygens (including phenoxy) is 1. The second-order valence-corrected chi connectivity index (χ2v) is 2.10. The van der Waals surface area contributed by atoms with Crippen molar-refractivity contribution in [2.24, 2.45) is 0 Å². The van der Waals surface area contributed by atoms with E-state index >= 15 is 0 Å². The molecule has 0 bridgehead atoms. The maximum absolute atomic E-state index is 9.59. The molecule has 0 aromatic carbocycles. The molecule has 0 atom stereocenters. The van der Waals surface area contributed by atoms with Crippen LogP contribution in [0.4, 0.5) is 0 Å². The van der Waals surface area contributed by atoms with Gasteiger partial charge in [0.05, 0.1) is 7.11 Å². The minimum atomic E-state index is -0.245. The summed E-state index contributed by atoms with van der Waals surface area (Å²) in [5.41, 5.74) is 0. The lowest BCUT2D eigenvalue weighted by molar-refractivity contribution is -0.137. The number of methoxy groups -OCH3 is 1. The van der Waals surface area contributed by atoms with E-state index in [1.54, 1.807) is 0 Å². The van der Waals surface area contributed by atoms with Crippen LogP contribution in [-0.2, 0) is 9.53 Å². The first-order valence-corrected chi connectivity index (χ1v) is 4.91. The van der Waals surface area contributed by atoms with Crippen LogP contribution >= 0.6 is 0 Å². The topological polar surface area (TPSA) is 46.5 Å². The molecule has 0 radical (unpaired) electrons. The van der Waals surface area contributed by atoms with E-state index in [0.29, 0.717) is 0 Å². The molecule has 0 spiro atoms. The van der Waals surface area contributed by atoms with Crippen molar-refractivity contribution >= 4 is 5.97 Å². The van der Waals surface area contributed by atoms with Gasteiger partial charge in [-0.1, -0.05) is 26.0 Å². The van der Waals surface area contributed by atoms with Crippen molar-refractivity contribution in [3.63, 3.8) is 0 Å². The molecule has 0 heterocycles. The molecule has 0 fully saturated rings. The Morgan fingerprint density at radius 3 is 1.57 bits per heavy atom. The highest BCUT2D eigenvalue weighted by atomic mass is 16.5. The van der Waals surface area contributed by atoms with Crippen molar-refractivity contribution < 1.29 is 14.6 Å².